The van der Waals surface area contributed by atoms with Crippen molar-refractivity contribution in [1.82, 2.24) is 9.80 Å². The summed E-state index contributed by atoms with van der Waals surface area (Å²) in [4.78, 5) is 33.6. The number of rotatable bonds is 12. The van der Waals surface area contributed by atoms with Crippen molar-refractivity contribution in [2.75, 3.05) is 33.2 Å². The van der Waals surface area contributed by atoms with Crippen LogP contribution in [0.2, 0.25) is 0 Å². The summed E-state index contributed by atoms with van der Waals surface area (Å²) in [5, 5.41) is 10.1. The summed E-state index contributed by atoms with van der Waals surface area (Å²) < 4.78 is 0. The highest BCUT2D eigenvalue weighted by Gasteiger charge is 2.21. The van der Waals surface area contributed by atoms with Crippen LogP contribution in [0.1, 0.15) is 68.4 Å². The van der Waals surface area contributed by atoms with Crippen molar-refractivity contribution < 1.29 is 14.7 Å². The third kappa shape index (κ3) is 7.85. The molecule has 0 aliphatic carbocycles. The number of likely N-dealkylation sites (N-methyl/N-ethyl adjacent to an activating group) is 1. The monoisotopic (exact) mass is 518 g/mol. The van der Waals surface area contributed by atoms with Gasteiger partial charge in [0.2, 0.25) is 5.91 Å². The number of hydrogen-bond donors (Lipinski definition) is 2. The third-order valence-corrected chi connectivity index (χ3v) is 6.57. The SMILES string of the molecule is CCCN(CCC)C(=O)C1=Cc2ccc(-c3ccc(C=O)c(CCN(C)CC(C)(C)O)c3)cc2N=C(N)C1. The molecule has 2 aromatic carbocycles. The molecule has 0 spiro atoms. The molecule has 0 atom stereocenters. The van der Waals surface area contributed by atoms with E-state index in [-0.39, 0.29) is 5.91 Å². The second-order valence-electron chi connectivity index (χ2n) is 10.8. The van der Waals surface area contributed by atoms with Crippen molar-refractivity contribution in [3.63, 3.8) is 0 Å². The van der Waals surface area contributed by atoms with Crippen LogP contribution < -0.4 is 5.73 Å². The Balaban J connectivity index is 1.90. The summed E-state index contributed by atoms with van der Waals surface area (Å²) in [7, 11) is 1.97. The smallest absolute Gasteiger partial charge is 0.250 e. The number of hydrogen-bond acceptors (Lipinski definition) is 6. The molecular weight excluding hydrogens is 476 g/mol. The van der Waals surface area contributed by atoms with Crippen molar-refractivity contribution in [2.24, 2.45) is 10.7 Å². The Morgan fingerprint density at radius 3 is 2.37 bits per heavy atom. The Hall–Kier alpha value is -3.29. The van der Waals surface area contributed by atoms with E-state index in [0.29, 0.717) is 42.9 Å². The number of nitrogens with zero attached hydrogens (tertiary/aromatic N) is 3. The van der Waals surface area contributed by atoms with Gasteiger partial charge in [-0.25, -0.2) is 4.99 Å². The fourth-order valence-electron chi connectivity index (χ4n) is 4.93. The Labute approximate surface area is 227 Å². The summed E-state index contributed by atoms with van der Waals surface area (Å²) in [5.74, 6) is 0.438. The number of aldehydes is 1. The number of amides is 1. The molecule has 3 rings (SSSR count). The molecule has 7 heteroatoms. The van der Waals surface area contributed by atoms with Gasteiger partial charge < -0.3 is 20.6 Å². The second-order valence-corrected chi connectivity index (χ2v) is 10.8. The molecule has 1 amide bonds. The molecule has 0 saturated heterocycles. The van der Waals surface area contributed by atoms with E-state index in [2.05, 4.69) is 23.7 Å². The predicted molar refractivity (Wildman–Crippen MR) is 156 cm³/mol. The van der Waals surface area contributed by atoms with Crippen molar-refractivity contribution in [3.05, 3.63) is 58.7 Å². The lowest BCUT2D eigenvalue weighted by Gasteiger charge is -2.25. The first kappa shape index (κ1) is 29.3. The van der Waals surface area contributed by atoms with Gasteiger partial charge in [0.15, 0.2) is 0 Å². The number of nitrogens with two attached hydrogens (primary N) is 1. The maximum atomic E-state index is 13.3. The Morgan fingerprint density at radius 1 is 1.08 bits per heavy atom. The van der Waals surface area contributed by atoms with E-state index in [1.807, 2.05) is 54.4 Å². The fraction of sp³-hybridized carbons (Fsp3) is 0.452. The molecule has 38 heavy (non-hydrogen) atoms. The molecule has 1 aliphatic rings. The van der Waals surface area contributed by atoms with E-state index in [0.717, 1.165) is 60.2 Å². The Kier molecular flexibility index (Phi) is 10.00. The number of aliphatic hydroxyl groups is 1. The maximum absolute atomic E-state index is 13.3. The molecule has 0 bridgehead atoms. The van der Waals surface area contributed by atoms with Gasteiger partial charge in [-0.15, -0.1) is 0 Å². The van der Waals surface area contributed by atoms with Crippen LogP contribution in [-0.2, 0) is 11.2 Å². The Bertz CT molecular complexity index is 1200. The molecule has 2 aromatic rings. The quantitative estimate of drug-likeness (QED) is 0.392. The number of benzene rings is 2. The summed E-state index contributed by atoms with van der Waals surface area (Å²) in [5.41, 5.74) is 11.3. The lowest BCUT2D eigenvalue weighted by molar-refractivity contribution is -0.127. The van der Waals surface area contributed by atoms with Crippen LogP contribution in [0.4, 0.5) is 5.69 Å². The molecule has 0 radical (unpaired) electrons. The van der Waals surface area contributed by atoms with Crippen LogP contribution in [-0.4, -0.2) is 71.8 Å². The number of amidine groups is 1. The van der Waals surface area contributed by atoms with Crippen molar-refractivity contribution in [3.8, 4) is 11.1 Å². The first-order valence-electron chi connectivity index (χ1n) is 13.5. The zero-order valence-corrected chi connectivity index (χ0v) is 23.5. The van der Waals surface area contributed by atoms with Crippen LogP contribution >= 0.6 is 0 Å². The molecule has 1 heterocycles. The van der Waals surface area contributed by atoms with Gasteiger partial charge in [-0.1, -0.05) is 44.2 Å². The van der Waals surface area contributed by atoms with Crippen LogP contribution in [0.5, 0.6) is 0 Å². The molecule has 0 saturated carbocycles. The van der Waals surface area contributed by atoms with Crippen LogP contribution in [0.3, 0.4) is 0 Å². The lowest BCUT2D eigenvalue weighted by atomic mass is 9.96. The first-order chi connectivity index (χ1) is 18.0. The van der Waals surface area contributed by atoms with Crippen molar-refractivity contribution in [1.29, 1.82) is 0 Å². The lowest BCUT2D eigenvalue weighted by Crippen LogP contribution is -2.37. The number of carbonyl (C=O) groups excluding carboxylic acids is 2. The van der Waals surface area contributed by atoms with Gasteiger partial charge in [-0.3, -0.25) is 9.59 Å². The van der Waals surface area contributed by atoms with Crippen molar-refractivity contribution >= 4 is 29.8 Å². The zero-order chi connectivity index (χ0) is 27.9. The summed E-state index contributed by atoms with van der Waals surface area (Å²) >= 11 is 0. The van der Waals surface area contributed by atoms with Crippen LogP contribution in [0.15, 0.2) is 47.0 Å². The average molecular weight is 519 g/mol. The normalized spacial score (nSPS) is 13.4. The summed E-state index contributed by atoms with van der Waals surface area (Å²) in [6.07, 6.45) is 5.63. The van der Waals surface area contributed by atoms with E-state index >= 15 is 0 Å². The number of aliphatic imine (C=N–C) groups is 1. The minimum atomic E-state index is -0.780. The minimum absolute atomic E-state index is 0.0208. The standard InChI is InChI=1S/C31H42N4O3/c1-6-13-35(14-7-2)30(37)27-17-25-10-8-23(18-28(25)33-29(32)19-27)22-9-11-26(20-36)24(16-22)12-15-34(5)21-31(3,4)38/h8-11,16-18,20,38H,6-7,12-15,19,21H2,1-5H3,(H2,32,33). The van der Waals surface area contributed by atoms with Gasteiger partial charge in [0.1, 0.15) is 12.1 Å². The van der Waals surface area contributed by atoms with Gasteiger partial charge in [0.05, 0.1) is 11.3 Å². The van der Waals surface area contributed by atoms with Gasteiger partial charge in [0.25, 0.3) is 0 Å². The van der Waals surface area contributed by atoms with Gasteiger partial charge >= 0.3 is 0 Å². The molecule has 0 aromatic heterocycles. The average Bonchev–Trinajstić information content (AvgIpc) is 3.03. The molecule has 204 valence electrons. The minimum Gasteiger partial charge on any atom is -0.389 e. The van der Waals surface area contributed by atoms with Crippen LogP contribution in [0, 0.1) is 0 Å². The van der Waals surface area contributed by atoms with Gasteiger partial charge in [-0.05, 0) is 69.0 Å². The molecule has 3 N–H and O–H groups in total. The zero-order valence-electron chi connectivity index (χ0n) is 23.5. The van der Waals surface area contributed by atoms with E-state index in [4.69, 9.17) is 5.73 Å². The molecular formula is C31H42N4O3. The molecule has 1 aliphatic heterocycles. The van der Waals surface area contributed by atoms with Crippen LogP contribution in [0.25, 0.3) is 17.2 Å². The largest absolute Gasteiger partial charge is 0.389 e. The Morgan fingerprint density at radius 2 is 1.74 bits per heavy atom. The number of fused-ring (bicyclic) bond motifs is 1. The summed E-state index contributed by atoms with van der Waals surface area (Å²) in [6, 6.07) is 11.8. The second kappa shape index (κ2) is 13.0. The topological polar surface area (TPSA) is 99.2 Å². The van der Waals surface area contributed by atoms with E-state index in [9.17, 15) is 14.7 Å². The van der Waals surface area contributed by atoms with E-state index in [1.54, 1.807) is 13.8 Å². The third-order valence-electron chi connectivity index (χ3n) is 6.57. The molecule has 0 fully saturated rings. The number of carbonyl (C=O) groups is 2. The van der Waals surface area contributed by atoms with Gasteiger partial charge in [0, 0.05) is 49.3 Å². The maximum Gasteiger partial charge on any atom is 0.250 e. The highest BCUT2D eigenvalue weighted by molar-refractivity contribution is 6.05. The molecule has 7 nitrogen and oxygen atoms in total. The van der Waals surface area contributed by atoms with Crippen molar-refractivity contribution in [2.45, 2.75) is 59.0 Å². The predicted octanol–water partition coefficient (Wildman–Crippen LogP) is 4.84. The fourth-order valence-corrected chi connectivity index (χ4v) is 4.93. The first-order valence-corrected chi connectivity index (χ1v) is 13.5. The van der Waals surface area contributed by atoms with E-state index in [1.165, 1.54) is 0 Å². The van der Waals surface area contributed by atoms with E-state index < -0.39 is 5.60 Å². The summed E-state index contributed by atoms with van der Waals surface area (Å²) in [6.45, 7) is 10.4. The molecule has 0 unspecified atom stereocenters. The van der Waals surface area contributed by atoms with Gasteiger partial charge in [-0.2, -0.15) is 0 Å². The highest BCUT2D eigenvalue weighted by atomic mass is 16.3. The highest BCUT2D eigenvalue weighted by Crippen LogP contribution is 2.33.